The molecule has 0 bridgehead atoms. The zero-order valence-corrected chi connectivity index (χ0v) is 23.6. The number of hydrogen-bond acceptors (Lipinski definition) is 8. The van der Waals surface area contributed by atoms with Gasteiger partial charge in [0.25, 0.3) is 0 Å². The predicted octanol–water partition coefficient (Wildman–Crippen LogP) is 5.49. The van der Waals surface area contributed by atoms with E-state index in [1.54, 1.807) is 31.4 Å². The molecule has 2 amide bonds. The molecule has 0 saturated heterocycles. The third-order valence-electron chi connectivity index (χ3n) is 5.97. The third kappa shape index (κ3) is 7.06. The van der Waals surface area contributed by atoms with E-state index in [2.05, 4.69) is 25.8 Å². The van der Waals surface area contributed by atoms with E-state index in [0.717, 1.165) is 39.7 Å². The molecule has 0 aliphatic heterocycles. The number of carbonyl (C=O) groups is 2. The van der Waals surface area contributed by atoms with Gasteiger partial charge in [-0.1, -0.05) is 53.4 Å². The highest BCUT2D eigenvalue weighted by Crippen LogP contribution is 2.32. The molecule has 0 atom stereocenters. The Bertz CT molecular complexity index is 1690. The van der Waals surface area contributed by atoms with Crippen LogP contribution in [0.5, 0.6) is 5.75 Å². The van der Waals surface area contributed by atoms with Crippen molar-refractivity contribution in [1.82, 2.24) is 25.1 Å². The van der Waals surface area contributed by atoms with Crippen LogP contribution in [0.15, 0.2) is 78.0 Å². The smallest absolute Gasteiger partial charge is 0.416 e. The highest BCUT2D eigenvalue weighted by molar-refractivity contribution is 7.99. The van der Waals surface area contributed by atoms with Crippen molar-refractivity contribution in [1.29, 1.82) is 0 Å². The number of thioether (sulfide) groups is 1. The molecular formula is C28H23F3N6O3S2. The molecule has 9 nitrogen and oxygen atoms in total. The second-order valence-electron chi connectivity index (χ2n) is 8.91. The number of amides is 2. The summed E-state index contributed by atoms with van der Waals surface area (Å²) in [6.45, 7) is -0.101. The quantitative estimate of drug-likeness (QED) is 0.201. The minimum absolute atomic E-state index is 0.0786. The van der Waals surface area contributed by atoms with E-state index in [1.807, 2.05) is 24.3 Å². The minimum Gasteiger partial charge on any atom is -0.497 e. The van der Waals surface area contributed by atoms with E-state index >= 15 is 0 Å². The Labute approximate surface area is 246 Å². The molecule has 216 valence electrons. The van der Waals surface area contributed by atoms with Gasteiger partial charge in [-0.05, 0) is 48.0 Å². The zero-order chi connectivity index (χ0) is 29.7. The van der Waals surface area contributed by atoms with Gasteiger partial charge in [0.05, 0.1) is 47.3 Å². The normalized spacial score (nSPS) is 11.4. The van der Waals surface area contributed by atoms with E-state index in [9.17, 15) is 22.8 Å². The second kappa shape index (κ2) is 12.6. The van der Waals surface area contributed by atoms with Gasteiger partial charge in [0.1, 0.15) is 5.75 Å². The van der Waals surface area contributed by atoms with Gasteiger partial charge in [-0.2, -0.15) is 13.2 Å². The van der Waals surface area contributed by atoms with Crippen molar-refractivity contribution in [3.8, 4) is 11.4 Å². The molecule has 2 aromatic heterocycles. The number of thiazole rings is 1. The van der Waals surface area contributed by atoms with Gasteiger partial charge < -0.3 is 15.4 Å². The summed E-state index contributed by atoms with van der Waals surface area (Å²) < 4.78 is 47.9. The lowest BCUT2D eigenvalue weighted by Gasteiger charge is -2.13. The highest BCUT2D eigenvalue weighted by Gasteiger charge is 2.31. The molecule has 0 aliphatic carbocycles. The number of alkyl halides is 3. The Morgan fingerprint density at radius 2 is 1.79 bits per heavy atom. The van der Waals surface area contributed by atoms with Crippen LogP contribution in [-0.2, 0) is 28.7 Å². The number of nitrogens with one attached hydrogen (secondary N) is 2. The van der Waals surface area contributed by atoms with Crippen molar-refractivity contribution in [2.24, 2.45) is 0 Å². The average Bonchev–Trinajstić information content (AvgIpc) is 3.58. The number of benzene rings is 3. The van der Waals surface area contributed by atoms with Crippen LogP contribution in [0, 0.1) is 0 Å². The first-order valence-electron chi connectivity index (χ1n) is 12.5. The van der Waals surface area contributed by atoms with Gasteiger partial charge in [0.2, 0.25) is 11.8 Å². The lowest BCUT2D eigenvalue weighted by atomic mass is 10.1. The topological polar surface area (TPSA) is 111 Å². The number of hydrogen-bond donors (Lipinski definition) is 2. The monoisotopic (exact) mass is 612 g/mol. The lowest BCUT2D eigenvalue weighted by molar-refractivity contribution is -0.137. The molecule has 3 aromatic carbocycles. The maximum Gasteiger partial charge on any atom is 0.416 e. The molecule has 5 rings (SSSR count). The summed E-state index contributed by atoms with van der Waals surface area (Å²) in [5, 5.41) is 14.3. The van der Waals surface area contributed by atoms with E-state index in [-0.39, 0.29) is 47.2 Å². The Morgan fingerprint density at radius 3 is 2.52 bits per heavy atom. The largest absolute Gasteiger partial charge is 0.497 e. The Kier molecular flexibility index (Phi) is 8.73. The van der Waals surface area contributed by atoms with E-state index in [1.165, 1.54) is 28.0 Å². The van der Waals surface area contributed by atoms with Crippen molar-refractivity contribution >= 4 is 50.3 Å². The fraction of sp³-hybridized carbons (Fsp3) is 0.179. The van der Waals surface area contributed by atoms with Crippen molar-refractivity contribution < 1.29 is 27.5 Å². The molecule has 5 aromatic rings. The summed E-state index contributed by atoms with van der Waals surface area (Å²) in [6, 6.07) is 19.1. The molecule has 42 heavy (non-hydrogen) atoms. The number of fused-ring (bicyclic) bond motifs is 1. The lowest BCUT2D eigenvalue weighted by Crippen LogP contribution is -2.26. The maximum absolute atomic E-state index is 13.5. The number of methoxy groups -OCH3 is 1. The number of anilines is 1. The van der Waals surface area contributed by atoms with Gasteiger partial charge >= 0.3 is 6.18 Å². The van der Waals surface area contributed by atoms with Crippen LogP contribution in [-0.4, -0.2) is 44.4 Å². The molecule has 14 heteroatoms. The molecule has 0 spiro atoms. The van der Waals surface area contributed by atoms with Crippen LogP contribution in [0.1, 0.15) is 17.0 Å². The summed E-state index contributed by atoms with van der Waals surface area (Å²) in [4.78, 5) is 29.7. The minimum atomic E-state index is -4.57. The number of ether oxygens (including phenoxy) is 1. The van der Waals surface area contributed by atoms with E-state index in [0.29, 0.717) is 10.9 Å². The number of para-hydroxylation sites is 1. The van der Waals surface area contributed by atoms with Gasteiger partial charge in [-0.25, -0.2) is 4.98 Å². The molecule has 0 radical (unpaired) electrons. The van der Waals surface area contributed by atoms with Crippen LogP contribution in [0.3, 0.4) is 0 Å². The summed E-state index contributed by atoms with van der Waals surface area (Å²) in [7, 11) is 1.55. The van der Waals surface area contributed by atoms with Crippen LogP contribution in [0.4, 0.5) is 18.3 Å². The standard InChI is InChI=1S/C28H23F3N6O3S2/c1-40-20-11-9-17(10-12-20)13-24(38)32-15-23-35-36-27(37(23)19-6-4-5-18(14-19)28(29,30)31)41-16-25(39)34-26-33-21-7-2-3-8-22(21)42-26/h2-12,14H,13,15-16H2,1H3,(H,32,38)(H,33,34,39). The van der Waals surface area contributed by atoms with Gasteiger partial charge in [0.15, 0.2) is 16.1 Å². The van der Waals surface area contributed by atoms with Crippen LogP contribution >= 0.6 is 23.1 Å². The number of carbonyl (C=O) groups excluding carboxylic acids is 2. The van der Waals surface area contributed by atoms with Gasteiger partial charge in [-0.3, -0.25) is 14.2 Å². The van der Waals surface area contributed by atoms with Crippen LogP contribution in [0.25, 0.3) is 15.9 Å². The Balaban J connectivity index is 1.32. The summed E-state index contributed by atoms with van der Waals surface area (Å²) in [5.74, 6) is 0.0745. The SMILES string of the molecule is COc1ccc(CC(=O)NCc2nnc(SCC(=O)Nc3nc4ccccc4s3)n2-c2cccc(C(F)(F)F)c2)cc1. The predicted molar refractivity (Wildman–Crippen MR) is 154 cm³/mol. The first kappa shape index (κ1) is 29.1. The Hall–Kier alpha value is -4.43. The van der Waals surface area contributed by atoms with E-state index < -0.39 is 11.7 Å². The summed E-state index contributed by atoms with van der Waals surface area (Å²) in [5.41, 5.74) is 0.799. The van der Waals surface area contributed by atoms with Crippen molar-refractivity contribution in [2.75, 3.05) is 18.2 Å². The van der Waals surface area contributed by atoms with Crippen molar-refractivity contribution in [2.45, 2.75) is 24.3 Å². The molecule has 2 N–H and O–H groups in total. The number of halogens is 3. The second-order valence-corrected chi connectivity index (χ2v) is 10.9. The van der Waals surface area contributed by atoms with Gasteiger partial charge in [-0.15, -0.1) is 10.2 Å². The molecular weight excluding hydrogens is 589 g/mol. The first-order chi connectivity index (χ1) is 20.2. The fourth-order valence-corrected chi connectivity index (χ4v) is 5.62. The third-order valence-corrected chi connectivity index (χ3v) is 7.85. The summed E-state index contributed by atoms with van der Waals surface area (Å²) >= 11 is 2.33. The maximum atomic E-state index is 13.5. The number of nitrogens with zero attached hydrogens (tertiary/aromatic N) is 4. The van der Waals surface area contributed by atoms with Crippen LogP contribution < -0.4 is 15.4 Å². The number of rotatable bonds is 10. The van der Waals surface area contributed by atoms with Crippen molar-refractivity contribution in [3.05, 3.63) is 89.7 Å². The summed E-state index contributed by atoms with van der Waals surface area (Å²) in [6.07, 6.45) is -4.49. The Morgan fingerprint density at radius 1 is 1.00 bits per heavy atom. The molecule has 0 unspecified atom stereocenters. The van der Waals surface area contributed by atoms with Crippen LogP contribution in [0.2, 0.25) is 0 Å². The molecule has 0 saturated carbocycles. The van der Waals surface area contributed by atoms with Gasteiger partial charge in [0, 0.05) is 0 Å². The van der Waals surface area contributed by atoms with Crippen molar-refractivity contribution in [3.63, 3.8) is 0 Å². The fourth-order valence-electron chi connectivity index (χ4n) is 3.97. The average molecular weight is 613 g/mol. The molecule has 0 fully saturated rings. The zero-order valence-electron chi connectivity index (χ0n) is 22.0. The number of aromatic nitrogens is 4. The van der Waals surface area contributed by atoms with E-state index in [4.69, 9.17) is 4.74 Å². The molecule has 0 aliphatic rings. The highest BCUT2D eigenvalue weighted by atomic mass is 32.2. The molecule has 2 heterocycles. The first-order valence-corrected chi connectivity index (χ1v) is 14.3.